The van der Waals surface area contributed by atoms with Crippen molar-refractivity contribution in [1.29, 1.82) is 0 Å². The van der Waals surface area contributed by atoms with Crippen LogP contribution >= 0.6 is 0 Å². The van der Waals surface area contributed by atoms with Crippen LogP contribution in [-0.4, -0.2) is 77.5 Å². The van der Waals surface area contributed by atoms with Crippen molar-refractivity contribution in [3.63, 3.8) is 0 Å². The molecule has 2 heterocycles. The SMILES string of the molecule is Cc1cnc(C(=O)N(CCC(=O)NCc2ccccc2)CCN2CCOCC2)cn1. The Hall–Kier alpha value is -2.84. The molecule has 1 aromatic carbocycles. The van der Waals surface area contributed by atoms with Gasteiger partial charge in [0, 0.05) is 51.9 Å². The Morgan fingerprint density at radius 1 is 1.10 bits per heavy atom. The highest BCUT2D eigenvalue weighted by molar-refractivity contribution is 5.92. The van der Waals surface area contributed by atoms with Crippen LogP contribution in [0.4, 0.5) is 0 Å². The first-order valence-corrected chi connectivity index (χ1v) is 10.3. The molecule has 0 bridgehead atoms. The highest BCUT2D eigenvalue weighted by atomic mass is 16.5. The summed E-state index contributed by atoms with van der Waals surface area (Å²) in [6, 6.07) is 9.76. The zero-order valence-corrected chi connectivity index (χ0v) is 17.4. The summed E-state index contributed by atoms with van der Waals surface area (Å²) >= 11 is 0. The monoisotopic (exact) mass is 411 g/mol. The van der Waals surface area contributed by atoms with Gasteiger partial charge in [-0.15, -0.1) is 0 Å². The second-order valence-electron chi connectivity index (χ2n) is 7.30. The van der Waals surface area contributed by atoms with Crippen molar-refractivity contribution in [2.45, 2.75) is 19.9 Å². The quantitative estimate of drug-likeness (QED) is 0.669. The maximum atomic E-state index is 13.0. The van der Waals surface area contributed by atoms with E-state index in [-0.39, 0.29) is 18.2 Å². The molecule has 2 aromatic rings. The lowest BCUT2D eigenvalue weighted by molar-refractivity contribution is -0.121. The van der Waals surface area contributed by atoms with Crippen molar-refractivity contribution >= 4 is 11.8 Å². The second-order valence-corrected chi connectivity index (χ2v) is 7.30. The number of benzene rings is 1. The van der Waals surface area contributed by atoms with Crippen LogP contribution in [0.15, 0.2) is 42.7 Å². The largest absolute Gasteiger partial charge is 0.379 e. The lowest BCUT2D eigenvalue weighted by atomic mass is 10.2. The van der Waals surface area contributed by atoms with Crippen molar-refractivity contribution in [2.75, 3.05) is 45.9 Å². The number of carbonyl (C=O) groups excluding carboxylic acids is 2. The Morgan fingerprint density at radius 2 is 1.87 bits per heavy atom. The fraction of sp³-hybridized carbons (Fsp3) is 0.455. The van der Waals surface area contributed by atoms with Crippen LogP contribution in [0, 0.1) is 6.92 Å². The van der Waals surface area contributed by atoms with E-state index >= 15 is 0 Å². The predicted octanol–water partition coefficient (Wildman–Crippen LogP) is 1.27. The second kappa shape index (κ2) is 11.4. The average Bonchev–Trinajstić information content (AvgIpc) is 2.79. The number of morpholine rings is 1. The number of rotatable bonds is 9. The molecule has 3 rings (SSSR count). The first-order valence-electron chi connectivity index (χ1n) is 10.3. The summed E-state index contributed by atoms with van der Waals surface area (Å²) in [5.41, 5.74) is 2.10. The molecule has 1 aliphatic heterocycles. The summed E-state index contributed by atoms with van der Waals surface area (Å²) in [5, 5.41) is 2.91. The van der Waals surface area contributed by atoms with Crippen molar-refractivity contribution in [3.8, 4) is 0 Å². The van der Waals surface area contributed by atoms with E-state index in [1.165, 1.54) is 6.20 Å². The van der Waals surface area contributed by atoms with Crippen LogP contribution in [-0.2, 0) is 16.1 Å². The normalized spacial score (nSPS) is 14.3. The Labute approximate surface area is 177 Å². The molecule has 1 N–H and O–H groups in total. The van der Waals surface area contributed by atoms with Crippen LogP contribution in [0.25, 0.3) is 0 Å². The van der Waals surface area contributed by atoms with Gasteiger partial charge in [0.05, 0.1) is 25.1 Å². The van der Waals surface area contributed by atoms with Gasteiger partial charge in [-0.3, -0.25) is 19.5 Å². The van der Waals surface area contributed by atoms with Gasteiger partial charge in [0.25, 0.3) is 5.91 Å². The van der Waals surface area contributed by atoms with Gasteiger partial charge in [-0.1, -0.05) is 30.3 Å². The Bertz CT molecular complexity index is 807. The molecule has 0 unspecified atom stereocenters. The molecule has 160 valence electrons. The first-order chi connectivity index (χ1) is 14.6. The maximum Gasteiger partial charge on any atom is 0.274 e. The van der Waals surface area contributed by atoms with E-state index in [1.54, 1.807) is 11.1 Å². The number of hydrogen-bond acceptors (Lipinski definition) is 6. The Kier molecular flexibility index (Phi) is 8.29. The minimum absolute atomic E-state index is 0.0852. The predicted molar refractivity (Wildman–Crippen MR) is 113 cm³/mol. The number of nitrogens with one attached hydrogen (secondary N) is 1. The molecular formula is C22H29N5O3. The number of nitrogens with zero attached hydrogens (tertiary/aromatic N) is 4. The Balaban J connectivity index is 1.55. The molecule has 1 fully saturated rings. The van der Waals surface area contributed by atoms with E-state index in [9.17, 15) is 9.59 Å². The van der Waals surface area contributed by atoms with E-state index in [0.717, 1.165) is 30.9 Å². The maximum absolute atomic E-state index is 13.0. The summed E-state index contributed by atoms with van der Waals surface area (Å²) in [4.78, 5) is 37.6. The lowest BCUT2D eigenvalue weighted by Crippen LogP contribution is -2.44. The summed E-state index contributed by atoms with van der Waals surface area (Å²) < 4.78 is 5.38. The molecule has 0 saturated carbocycles. The number of aryl methyl sites for hydroxylation is 1. The van der Waals surface area contributed by atoms with Gasteiger partial charge in [0.15, 0.2) is 0 Å². The molecule has 30 heavy (non-hydrogen) atoms. The third-order valence-electron chi connectivity index (χ3n) is 5.02. The van der Waals surface area contributed by atoms with Crippen molar-refractivity contribution < 1.29 is 14.3 Å². The van der Waals surface area contributed by atoms with E-state index in [1.807, 2.05) is 37.3 Å². The summed E-state index contributed by atoms with van der Waals surface area (Å²) in [6.45, 7) is 7.02. The van der Waals surface area contributed by atoms with Gasteiger partial charge >= 0.3 is 0 Å². The van der Waals surface area contributed by atoms with E-state index < -0.39 is 0 Å². The van der Waals surface area contributed by atoms with Crippen molar-refractivity contribution in [3.05, 3.63) is 59.7 Å². The van der Waals surface area contributed by atoms with Crippen LogP contribution < -0.4 is 5.32 Å². The number of aromatic nitrogens is 2. The third-order valence-corrected chi connectivity index (χ3v) is 5.02. The fourth-order valence-electron chi connectivity index (χ4n) is 3.19. The summed E-state index contributed by atoms with van der Waals surface area (Å²) in [7, 11) is 0. The van der Waals surface area contributed by atoms with E-state index in [4.69, 9.17) is 4.74 Å². The van der Waals surface area contributed by atoms with Crippen LogP contribution in [0.5, 0.6) is 0 Å². The van der Waals surface area contributed by atoms with Gasteiger partial charge in [0.1, 0.15) is 5.69 Å². The minimum atomic E-state index is -0.202. The summed E-state index contributed by atoms with van der Waals surface area (Å²) in [6.07, 6.45) is 3.32. The molecule has 1 aliphatic rings. The smallest absolute Gasteiger partial charge is 0.274 e. The number of ether oxygens (including phenoxy) is 1. The molecule has 8 nitrogen and oxygen atoms in total. The topological polar surface area (TPSA) is 87.7 Å². The molecule has 0 aliphatic carbocycles. The lowest BCUT2D eigenvalue weighted by Gasteiger charge is -2.30. The molecule has 0 spiro atoms. The Morgan fingerprint density at radius 3 is 2.57 bits per heavy atom. The van der Waals surface area contributed by atoms with Gasteiger partial charge in [0.2, 0.25) is 5.91 Å². The standard InChI is InChI=1S/C22H29N5O3/c1-18-15-24-20(17-23-18)22(29)27(10-9-26-11-13-30-14-12-26)8-7-21(28)25-16-19-5-3-2-4-6-19/h2-6,15,17H,7-14,16H2,1H3,(H,25,28). The highest BCUT2D eigenvalue weighted by Gasteiger charge is 2.20. The molecule has 8 heteroatoms. The average molecular weight is 412 g/mol. The van der Waals surface area contributed by atoms with Gasteiger partial charge in [-0.25, -0.2) is 4.98 Å². The minimum Gasteiger partial charge on any atom is -0.379 e. The zero-order chi connectivity index (χ0) is 21.2. The number of carbonyl (C=O) groups is 2. The zero-order valence-electron chi connectivity index (χ0n) is 17.4. The van der Waals surface area contributed by atoms with Crippen LogP contribution in [0.2, 0.25) is 0 Å². The summed E-state index contributed by atoms with van der Waals surface area (Å²) in [5.74, 6) is -0.287. The fourth-order valence-corrected chi connectivity index (χ4v) is 3.19. The molecule has 2 amide bonds. The van der Waals surface area contributed by atoms with E-state index in [0.29, 0.717) is 38.5 Å². The van der Waals surface area contributed by atoms with Gasteiger partial charge in [-0.2, -0.15) is 0 Å². The van der Waals surface area contributed by atoms with Gasteiger partial charge in [-0.05, 0) is 12.5 Å². The van der Waals surface area contributed by atoms with E-state index in [2.05, 4.69) is 20.2 Å². The number of hydrogen-bond donors (Lipinski definition) is 1. The molecule has 1 saturated heterocycles. The van der Waals surface area contributed by atoms with Crippen LogP contribution in [0.1, 0.15) is 28.2 Å². The van der Waals surface area contributed by atoms with Crippen molar-refractivity contribution in [2.24, 2.45) is 0 Å². The van der Waals surface area contributed by atoms with Crippen molar-refractivity contribution in [1.82, 2.24) is 25.1 Å². The molecular weight excluding hydrogens is 382 g/mol. The van der Waals surface area contributed by atoms with Gasteiger partial charge < -0.3 is 15.0 Å². The highest BCUT2D eigenvalue weighted by Crippen LogP contribution is 2.05. The number of amides is 2. The first kappa shape index (κ1) is 21.9. The molecule has 0 radical (unpaired) electrons. The molecule has 1 aromatic heterocycles. The third kappa shape index (κ3) is 6.89. The molecule has 0 atom stereocenters. The van der Waals surface area contributed by atoms with Crippen LogP contribution in [0.3, 0.4) is 0 Å².